The van der Waals surface area contributed by atoms with Crippen LogP contribution in [0.15, 0.2) is 12.3 Å². The molecule has 0 aliphatic carbocycles. The highest BCUT2D eigenvalue weighted by Crippen LogP contribution is 1.96. The lowest BCUT2D eigenvalue weighted by Gasteiger charge is -2.12. The maximum Gasteiger partial charge on any atom is 0.237 e. The lowest BCUT2D eigenvalue weighted by atomic mass is 10.3. The Hall–Kier alpha value is -1.80. The predicted molar refractivity (Wildman–Crippen MR) is 61.4 cm³/mol. The maximum atomic E-state index is 11.5. The normalized spacial score (nSPS) is 11.8. The van der Waals surface area contributed by atoms with E-state index in [-0.39, 0.29) is 18.5 Å². The first kappa shape index (κ1) is 12.3. The molecule has 16 heavy (non-hydrogen) atoms. The molecule has 0 aliphatic heterocycles. The van der Waals surface area contributed by atoms with Gasteiger partial charge in [0.15, 0.2) is 0 Å². The Labute approximate surface area is 95.2 Å². The van der Waals surface area contributed by atoms with Gasteiger partial charge in [-0.15, -0.1) is 6.42 Å². The molecule has 0 saturated heterocycles. The van der Waals surface area contributed by atoms with Crippen molar-refractivity contribution in [3.63, 3.8) is 0 Å². The summed E-state index contributed by atoms with van der Waals surface area (Å²) in [6, 6.07) is 1.63. The molecule has 1 rings (SSSR count). The number of carbonyl (C=O) groups excluding carboxylic acids is 1. The van der Waals surface area contributed by atoms with Crippen molar-refractivity contribution in [2.75, 3.05) is 6.54 Å². The third-order valence-corrected chi connectivity index (χ3v) is 2.27. The second-order valence-electron chi connectivity index (χ2n) is 3.47. The van der Waals surface area contributed by atoms with Crippen LogP contribution in [-0.2, 0) is 18.4 Å². The topological polar surface area (TPSA) is 59.0 Å². The molecule has 1 amide bonds. The number of aryl methyl sites for hydroxylation is 1. The number of hydrogen-bond donors (Lipinski definition) is 2. The molecule has 0 bridgehead atoms. The molecule has 1 aromatic heterocycles. The highest BCUT2D eigenvalue weighted by Gasteiger charge is 2.11. The molecule has 1 unspecified atom stereocenters. The molecule has 0 aromatic carbocycles. The Bertz CT molecular complexity index is 391. The molecular formula is C11H16N4O. The van der Waals surface area contributed by atoms with E-state index in [2.05, 4.69) is 21.7 Å². The van der Waals surface area contributed by atoms with Gasteiger partial charge in [-0.05, 0) is 13.0 Å². The Balaban J connectivity index is 2.35. The zero-order valence-corrected chi connectivity index (χ0v) is 9.53. The van der Waals surface area contributed by atoms with E-state index in [0.717, 1.165) is 5.69 Å². The first-order valence-corrected chi connectivity index (χ1v) is 5.06. The molecule has 86 valence electrons. The average Bonchev–Trinajstić information content (AvgIpc) is 2.68. The van der Waals surface area contributed by atoms with Crippen LogP contribution in [0.2, 0.25) is 0 Å². The van der Waals surface area contributed by atoms with Gasteiger partial charge in [-0.2, -0.15) is 5.10 Å². The Kier molecular flexibility index (Phi) is 4.55. The van der Waals surface area contributed by atoms with Crippen LogP contribution in [0.3, 0.4) is 0 Å². The summed E-state index contributed by atoms with van der Waals surface area (Å²) >= 11 is 0. The average molecular weight is 220 g/mol. The fourth-order valence-electron chi connectivity index (χ4n) is 1.22. The van der Waals surface area contributed by atoms with Crippen molar-refractivity contribution in [2.45, 2.75) is 19.5 Å². The van der Waals surface area contributed by atoms with E-state index >= 15 is 0 Å². The number of terminal acetylenes is 1. The van der Waals surface area contributed by atoms with E-state index < -0.39 is 0 Å². The summed E-state index contributed by atoms with van der Waals surface area (Å²) in [7, 11) is 1.86. The number of amides is 1. The highest BCUT2D eigenvalue weighted by atomic mass is 16.2. The molecule has 0 radical (unpaired) electrons. The third-order valence-electron chi connectivity index (χ3n) is 2.27. The number of carbonyl (C=O) groups is 1. The number of rotatable bonds is 5. The standard InChI is InChI=1S/C11H16N4O/c1-4-6-12-11(16)9(2)13-8-10-5-7-14-15(10)3/h1,5,7,9,13H,6,8H2,2-3H3,(H,12,16). The van der Waals surface area contributed by atoms with Crippen molar-refractivity contribution in [3.05, 3.63) is 18.0 Å². The molecule has 1 aromatic rings. The maximum absolute atomic E-state index is 11.5. The SMILES string of the molecule is C#CCNC(=O)C(C)NCc1ccnn1C. The van der Waals surface area contributed by atoms with Crippen molar-refractivity contribution in [1.82, 2.24) is 20.4 Å². The van der Waals surface area contributed by atoms with Crippen molar-refractivity contribution < 1.29 is 4.79 Å². The minimum Gasteiger partial charge on any atom is -0.344 e. The van der Waals surface area contributed by atoms with Gasteiger partial charge in [0.05, 0.1) is 18.3 Å². The molecule has 1 heterocycles. The summed E-state index contributed by atoms with van der Waals surface area (Å²) in [4.78, 5) is 11.5. The monoisotopic (exact) mass is 220 g/mol. The van der Waals surface area contributed by atoms with Gasteiger partial charge in [0.1, 0.15) is 0 Å². The van der Waals surface area contributed by atoms with Crippen molar-refractivity contribution in [1.29, 1.82) is 0 Å². The van der Waals surface area contributed by atoms with Crippen LogP contribution >= 0.6 is 0 Å². The summed E-state index contributed by atoms with van der Waals surface area (Å²) in [5, 5.41) is 9.75. The minimum atomic E-state index is -0.275. The summed E-state index contributed by atoms with van der Waals surface area (Å²) in [6.45, 7) is 2.65. The second-order valence-corrected chi connectivity index (χ2v) is 3.47. The number of hydrogen-bond acceptors (Lipinski definition) is 3. The van der Waals surface area contributed by atoms with Gasteiger partial charge in [0.25, 0.3) is 0 Å². The fraction of sp³-hybridized carbons (Fsp3) is 0.455. The molecule has 5 nitrogen and oxygen atoms in total. The zero-order valence-electron chi connectivity index (χ0n) is 9.53. The molecule has 2 N–H and O–H groups in total. The van der Waals surface area contributed by atoms with Gasteiger partial charge in [-0.3, -0.25) is 9.48 Å². The molecule has 0 spiro atoms. The van der Waals surface area contributed by atoms with Crippen LogP contribution in [0.1, 0.15) is 12.6 Å². The molecule has 1 atom stereocenters. The van der Waals surface area contributed by atoms with Crippen molar-refractivity contribution in [2.24, 2.45) is 7.05 Å². The molecule has 0 aliphatic rings. The summed E-state index contributed by atoms with van der Waals surface area (Å²) in [5.74, 6) is 2.26. The van der Waals surface area contributed by atoms with E-state index in [1.54, 1.807) is 17.8 Å². The van der Waals surface area contributed by atoms with E-state index in [1.165, 1.54) is 0 Å². The van der Waals surface area contributed by atoms with E-state index in [9.17, 15) is 4.79 Å². The predicted octanol–water partition coefficient (Wildman–Crippen LogP) is -0.352. The van der Waals surface area contributed by atoms with Crippen LogP contribution in [0, 0.1) is 12.3 Å². The van der Waals surface area contributed by atoms with Gasteiger partial charge in [0, 0.05) is 19.8 Å². The van der Waals surface area contributed by atoms with Gasteiger partial charge in [-0.1, -0.05) is 5.92 Å². The Morgan fingerprint density at radius 1 is 1.75 bits per heavy atom. The van der Waals surface area contributed by atoms with Crippen LogP contribution in [0.25, 0.3) is 0 Å². The van der Waals surface area contributed by atoms with Crippen LogP contribution in [0.4, 0.5) is 0 Å². The van der Waals surface area contributed by atoms with Crippen molar-refractivity contribution in [3.8, 4) is 12.3 Å². The van der Waals surface area contributed by atoms with Crippen LogP contribution in [0.5, 0.6) is 0 Å². The van der Waals surface area contributed by atoms with Crippen LogP contribution in [-0.4, -0.2) is 28.3 Å². The minimum absolute atomic E-state index is 0.0971. The van der Waals surface area contributed by atoms with Gasteiger partial charge in [-0.25, -0.2) is 0 Å². The lowest BCUT2D eigenvalue weighted by molar-refractivity contribution is -0.122. The largest absolute Gasteiger partial charge is 0.344 e. The van der Waals surface area contributed by atoms with Gasteiger partial charge < -0.3 is 10.6 Å². The number of nitrogens with zero attached hydrogens (tertiary/aromatic N) is 2. The molecule has 0 saturated carbocycles. The summed E-state index contributed by atoms with van der Waals surface area (Å²) in [5.41, 5.74) is 1.02. The third kappa shape index (κ3) is 3.41. The number of aromatic nitrogens is 2. The van der Waals surface area contributed by atoms with Gasteiger partial charge in [0.2, 0.25) is 5.91 Å². The van der Waals surface area contributed by atoms with Gasteiger partial charge >= 0.3 is 0 Å². The summed E-state index contributed by atoms with van der Waals surface area (Å²) < 4.78 is 1.76. The highest BCUT2D eigenvalue weighted by molar-refractivity contribution is 5.81. The second kappa shape index (κ2) is 5.93. The fourth-order valence-corrected chi connectivity index (χ4v) is 1.22. The first-order valence-electron chi connectivity index (χ1n) is 5.06. The lowest BCUT2D eigenvalue weighted by Crippen LogP contribution is -2.42. The Morgan fingerprint density at radius 2 is 2.50 bits per heavy atom. The zero-order chi connectivity index (χ0) is 12.0. The number of nitrogens with one attached hydrogen (secondary N) is 2. The van der Waals surface area contributed by atoms with Crippen molar-refractivity contribution >= 4 is 5.91 Å². The molecular weight excluding hydrogens is 204 g/mol. The summed E-state index contributed by atoms with van der Waals surface area (Å²) in [6.07, 6.45) is 6.77. The quantitative estimate of drug-likeness (QED) is 0.667. The smallest absolute Gasteiger partial charge is 0.237 e. The van der Waals surface area contributed by atoms with Crippen LogP contribution < -0.4 is 10.6 Å². The molecule has 0 fully saturated rings. The first-order chi connectivity index (χ1) is 7.65. The van der Waals surface area contributed by atoms with E-state index in [1.807, 2.05) is 13.1 Å². The van der Waals surface area contributed by atoms with E-state index in [0.29, 0.717) is 6.54 Å². The van der Waals surface area contributed by atoms with E-state index in [4.69, 9.17) is 6.42 Å². The molecule has 5 heteroatoms. The Morgan fingerprint density at radius 3 is 3.06 bits per heavy atom.